The highest BCUT2D eigenvalue weighted by atomic mass is 79.9. The first-order valence-corrected chi connectivity index (χ1v) is 13.8. The van der Waals surface area contributed by atoms with Crippen LogP contribution in [0.25, 0.3) is 0 Å². The van der Waals surface area contributed by atoms with Gasteiger partial charge in [0.05, 0.1) is 24.1 Å². The Bertz CT molecular complexity index is 1180. The molecule has 0 saturated carbocycles. The van der Waals surface area contributed by atoms with Gasteiger partial charge in [-0.15, -0.1) is 0 Å². The van der Waals surface area contributed by atoms with Gasteiger partial charge in [0.25, 0.3) is 0 Å². The lowest BCUT2D eigenvalue weighted by atomic mass is 10.1. The van der Waals surface area contributed by atoms with E-state index in [2.05, 4.69) is 21.2 Å². The average Bonchev–Trinajstić information content (AvgIpc) is 2.73. The van der Waals surface area contributed by atoms with Gasteiger partial charge in [0.2, 0.25) is 21.8 Å². The predicted octanol–water partition coefficient (Wildman–Crippen LogP) is 4.21. The molecule has 8 nitrogen and oxygen atoms in total. The van der Waals surface area contributed by atoms with Gasteiger partial charge in [-0.2, -0.15) is 0 Å². The number of hydrogen-bond acceptors (Lipinski definition) is 5. The highest BCUT2D eigenvalue weighted by Gasteiger charge is 2.31. The lowest BCUT2D eigenvalue weighted by Gasteiger charge is -2.33. The summed E-state index contributed by atoms with van der Waals surface area (Å²) in [5.74, 6) is -0.517. The van der Waals surface area contributed by atoms with E-state index in [9.17, 15) is 18.0 Å². The number of halogens is 2. The van der Waals surface area contributed by atoms with E-state index < -0.39 is 34.1 Å². The number of benzene rings is 2. The van der Waals surface area contributed by atoms with Crippen LogP contribution in [0.5, 0.6) is 5.75 Å². The molecule has 0 aliphatic heterocycles. The maximum absolute atomic E-state index is 13.6. The van der Waals surface area contributed by atoms with Crippen LogP contribution in [0.15, 0.2) is 46.9 Å². The number of ether oxygens (including phenoxy) is 1. The van der Waals surface area contributed by atoms with Crippen molar-refractivity contribution in [3.8, 4) is 5.75 Å². The summed E-state index contributed by atoms with van der Waals surface area (Å²) in [6.07, 6.45) is 1.01. The van der Waals surface area contributed by atoms with Gasteiger partial charge in [-0.3, -0.25) is 13.9 Å². The highest BCUT2D eigenvalue weighted by molar-refractivity contribution is 9.10. The minimum atomic E-state index is -3.86. The van der Waals surface area contributed by atoms with Crippen LogP contribution >= 0.6 is 27.5 Å². The molecule has 0 spiro atoms. The SMILES string of the molecule is COc1ccc(N(CC(=O)N(Cc2cccc(Br)c2)C(C)C(=O)NC(C)(C)C)S(C)(=O)=O)cc1Cl. The zero-order chi connectivity index (χ0) is 26.6. The summed E-state index contributed by atoms with van der Waals surface area (Å²) in [4.78, 5) is 27.9. The van der Waals surface area contributed by atoms with Gasteiger partial charge in [0, 0.05) is 16.6 Å². The zero-order valence-electron chi connectivity index (χ0n) is 20.6. The monoisotopic (exact) mass is 587 g/mol. The van der Waals surface area contributed by atoms with Crippen molar-refractivity contribution < 1.29 is 22.7 Å². The minimum Gasteiger partial charge on any atom is -0.495 e. The molecule has 2 aromatic carbocycles. The minimum absolute atomic E-state index is 0.109. The number of methoxy groups -OCH3 is 1. The molecule has 2 aromatic rings. The van der Waals surface area contributed by atoms with Crippen LogP contribution in [0.3, 0.4) is 0 Å². The Hall–Kier alpha value is -2.30. The fraction of sp³-hybridized carbons (Fsp3) is 0.417. The Morgan fingerprint density at radius 1 is 1.17 bits per heavy atom. The molecule has 0 heterocycles. The second kappa shape index (κ2) is 11.6. The van der Waals surface area contributed by atoms with Gasteiger partial charge in [0.15, 0.2) is 0 Å². The van der Waals surface area contributed by atoms with Gasteiger partial charge >= 0.3 is 0 Å². The molecule has 11 heteroatoms. The van der Waals surface area contributed by atoms with Crippen LogP contribution in [0.1, 0.15) is 33.3 Å². The molecular formula is C24H31BrClN3O5S. The number of amides is 2. The van der Waals surface area contributed by atoms with Crippen molar-refractivity contribution in [2.45, 2.75) is 45.8 Å². The smallest absolute Gasteiger partial charge is 0.244 e. The summed E-state index contributed by atoms with van der Waals surface area (Å²) in [5.41, 5.74) is 0.483. The van der Waals surface area contributed by atoms with Crippen LogP contribution in [0, 0.1) is 0 Å². The molecule has 1 N–H and O–H groups in total. The maximum Gasteiger partial charge on any atom is 0.244 e. The van der Waals surface area contributed by atoms with Crippen molar-refractivity contribution in [1.82, 2.24) is 10.2 Å². The van der Waals surface area contributed by atoms with Gasteiger partial charge in [-0.1, -0.05) is 39.7 Å². The number of nitrogens with zero attached hydrogens (tertiary/aromatic N) is 2. The Morgan fingerprint density at radius 2 is 1.83 bits per heavy atom. The number of hydrogen-bond donors (Lipinski definition) is 1. The second-order valence-electron chi connectivity index (χ2n) is 9.16. The third-order valence-corrected chi connectivity index (χ3v) is 6.94. The standard InChI is InChI=1S/C24H31BrClN3O5S/c1-16(23(31)27-24(2,3)4)28(14-17-8-7-9-18(25)12-17)22(30)15-29(35(6,32)33)19-10-11-21(34-5)20(26)13-19/h7-13,16H,14-15H2,1-6H3,(H,27,31). The van der Waals surface area contributed by atoms with Crippen LogP contribution in [0.2, 0.25) is 5.02 Å². The maximum atomic E-state index is 13.6. The van der Waals surface area contributed by atoms with Crippen molar-refractivity contribution in [2.24, 2.45) is 0 Å². The Kier molecular flexibility index (Phi) is 9.61. The summed E-state index contributed by atoms with van der Waals surface area (Å²) in [5, 5.41) is 3.09. The molecule has 2 rings (SSSR count). The first-order valence-electron chi connectivity index (χ1n) is 10.8. The molecule has 0 aliphatic rings. The molecule has 0 aromatic heterocycles. The van der Waals surface area contributed by atoms with E-state index in [0.29, 0.717) is 5.75 Å². The largest absolute Gasteiger partial charge is 0.495 e. The number of rotatable bonds is 9. The molecule has 2 amide bonds. The van der Waals surface area contributed by atoms with E-state index in [-0.39, 0.29) is 23.2 Å². The normalized spacial score (nSPS) is 12.6. The molecule has 0 bridgehead atoms. The van der Waals surface area contributed by atoms with E-state index >= 15 is 0 Å². The molecule has 1 unspecified atom stereocenters. The fourth-order valence-corrected chi connectivity index (χ4v) is 4.85. The van der Waals surface area contributed by atoms with Crippen LogP contribution < -0.4 is 14.4 Å². The third kappa shape index (κ3) is 8.40. The number of carbonyl (C=O) groups is 2. The number of carbonyl (C=O) groups excluding carboxylic acids is 2. The average molecular weight is 589 g/mol. The van der Waals surface area contributed by atoms with E-state index in [4.69, 9.17) is 16.3 Å². The molecule has 0 fully saturated rings. The quantitative estimate of drug-likeness (QED) is 0.474. The highest BCUT2D eigenvalue weighted by Crippen LogP contribution is 2.30. The first kappa shape index (κ1) is 28.9. The topological polar surface area (TPSA) is 96.0 Å². The number of sulfonamides is 1. The summed E-state index contributed by atoms with van der Waals surface area (Å²) in [6, 6.07) is 10.9. The fourth-order valence-electron chi connectivity index (χ4n) is 3.31. The van der Waals surface area contributed by atoms with Gasteiger partial charge in [-0.25, -0.2) is 8.42 Å². The third-order valence-electron chi connectivity index (χ3n) is 5.01. The zero-order valence-corrected chi connectivity index (χ0v) is 23.8. The van der Waals surface area contributed by atoms with Crippen LogP contribution in [-0.4, -0.2) is 56.6 Å². The van der Waals surface area contributed by atoms with Crippen molar-refractivity contribution in [2.75, 3.05) is 24.2 Å². The summed E-state index contributed by atoms with van der Waals surface area (Å²) < 4.78 is 32.2. The van der Waals surface area contributed by atoms with Gasteiger partial charge in [0.1, 0.15) is 18.3 Å². The molecule has 1 atom stereocenters. The Labute approximate surface area is 220 Å². The lowest BCUT2D eigenvalue weighted by molar-refractivity contribution is -0.140. The van der Waals surface area contributed by atoms with E-state index in [1.807, 2.05) is 45.0 Å². The Morgan fingerprint density at radius 3 is 2.34 bits per heavy atom. The van der Waals surface area contributed by atoms with Crippen molar-refractivity contribution >= 4 is 55.1 Å². The molecule has 0 radical (unpaired) electrons. The van der Waals surface area contributed by atoms with Gasteiger partial charge in [-0.05, 0) is 63.6 Å². The molecule has 192 valence electrons. The molecule has 0 saturated heterocycles. The van der Waals surface area contributed by atoms with Crippen LogP contribution in [0.4, 0.5) is 5.69 Å². The van der Waals surface area contributed by atoms with Crippen molar-refractivity contribution in [1.29, 1.82) is 0 Å². The summed E-state index contributed by atoms with van der Waals surface area (Å²) in [7, 11) is -2.41. The summed E-state index contributed by atoms with van der Waals surface area (Å²) in [6.45, 7) is 6.75. The van der Waals surface area contributed by atoms with Crippen molar-refractivity contribution in [3.63, 3.8) is 0 Å². The lowest BCUT2D eigenvalue weighted by Crippen LogP contribution is -2.54. The molecule has 35 heavy (non-hydrogen) atoms. The van der Waals surface area contributed by atoms with Crippen molar-refractivity contribution in [3.05, 3.63) is 57.5 Å². The predicted molar refractivity (Wildman–Crippen MR) is 142 cm³/mol. The number of anilines is 1. The molecular weight excluding hydrogens is 558 g/mol. The second-order valence-corrected chi connectivity index (χ2v) is 12.4. The first-order chi connectivity index (χ1) is 16.1. The number of nitrogens with one attached hydrogen (secondary N) is 1. The summed E-state index contributed by atoms with van der Waals surface area (Å²) >= 11 is 9.62. The Balaban J connectivity index is 2.43. The van der Waals surface area contributed by atoms with E-state index in [1.54, 1.807) is 6.92 Å². The van der Waals surface area contributed by atoms with Gasteiger partial charge < -0.3 is 15.0 Å². The van der Waals surface area contributed by atoms with E-state index in [0.717, 1.165) is 20.6 Å². The molecule has 0 aliphatic carbocycles. The van der Waals surface area contributed by atoms with E-state index in [1.165, 1.54) is 30.2 Å². The van der Waals surface area contributed by atoms with Crippen LogP contribution in [-0.2, 0) is 26.2 Å².